The maximum atomic E-state index is 12.5. The molecule has 0 radical (unpaired) electrons. The Bertz CT molecular complexity index is 1170. The summed E-state index contributed by atoms with van der Waals surface area (Å²) in [5, 5.41) is 1.02. The molecule has 1 atom stereocenters. The number of nitrogens with one attached hydrogen (secondary N) is 3. The number of rotatable bonds is 8. The minimum atomic E-state index is -0.881. The lowest BCUT2D eigenvalue weighted by Crippen LogP contribution is -2.44. The predicted octanol–water partition coefficient (Wildman–Crippen LogP) is 0.964. The summed E-state index contributed by atoms with van der Waals surface area (Å²) in [5.74, 6) is -3.29. The number of methoxy groups -OCH3 is 2. The van der Waals surface area contributed by atoms with Crippen molar-refractivity contribution in [2.24, 2.45) is 5.92 Å². The lowest BCUT2D eigenvalue weighted by Gasteiger charge is -2.18. The summed E-state index contributed by atoms with van der Waals surface area (Å²) in [6.45, 7) is -0.791. The van der Waals surface area contributed by atoms with Crippen LogP contribution in [0.2, 0.25) is 0 Å². The lowest BCUT2D eigenvalue weighted by molar-refractivity contribution is -0.152. The third-order valence-corrected chi connectivity index (χ3v) is 5.64. The predicted molar refractivity (Wildman–Crippen MR) is 128 cm³/mol. The molecule has 3 N–H and O–H groups in total. The number of hydrogen-bond donors (Lipinski definition) is 3. The van der Waals surface area contributed by atoms with Gasteiger partial charge in [0.15, 0.2) is 18.1 Å². The van der Waals surface area contributed by atoms with E-state index in [1.807, 2.05) is 0 Å². The molecule has 2 aromatic carbocycles. The summed E-state index contributed by atoms with van der Waals surface area (Å²) in [6, 6.07) is 10.9. The fourth-order valence-corrected chi connectivity index (χ4v) is 3.49. The minimum absolute atomic E-state index is 0.126. The first-order valence-electron chi connectivity index (χ1n) is 10.6. The van der Waals surface area contributed by atoms with Crippen molar-refractivity contribution in [1.82, 2.24) is 21.3 Å². The maximum absolute atomic E-state index is 12.5. The number of carbonyl (C=O) groups is 5. The SMILES string of the molecule is COc1ccc(C(=O)NN2C[C@H](C(=O)OCC(=O)NNC(=O)c3ccc(Br)cc3)CC2=O)cc1OC. The first-order chi connectivity index (χ1) is 17.2. The second-order valence-corrected chi connectivity index (χ2v) is 8.45. The molecule has 0 aliphatic carbocycles. The van der Waals surface area contributed by atoms with E-state index in [1.54, 1.807) is 30.3 Å². The molecule has 1 saturated heterocycles. The van der Waals surface area contributed by atoms with Crippen molar-refractivity contribution in [2.45, 2.75) is 6.42 Å². The number of carbonyl (C=O) groups excluding carboxylic acids is 5. The van der Waals surface area contributed by atoms with Crippen LogP contribution in [0.15, 0.2) is 46.9 Å². The van der Waals surface area contributed by atoms with Crippen molar-refractivity contribution in [3.05, 3.63) is 58.1 Å². The zero-order valence-electron chi connectivity index (χ0n) is 19.3. The van der Waals surface area contributed by atoms with Crippen molar-refractivity contribution in [1.29, 1.82) is 0 Å². The number of hydrazine groups is 2. The van der Waals surface area contributed by atoms with Crippen molar-refractivity contribution in [3.63, 3.8) is 0 Å². The lowest BCUT2D eigenvalue weighted by atomic mass is 10.1. The molecule has 36 heavy (non-hydrogen) atoms. The number of nitrogens with zero attached hydrogens (tertiary/aromatic N) is 1. The Morgan fingerprint density at radius 3 is 2.28 bits per heavy atom. The van der Waals surface area contributed by atoms with Crippen LogP contribution in [-0.2, 0) is 19.1 Å². The van der Waals surface area contributed by atoms with Gasteiger partial charge in [-0.25, -0.2) is 0 Å². The molecular formula is C23H23BrN4O8. The Kier molecular flexibility index (Phi) is 8.84. The maximum Gasteiger partial charge on any atom is 0.311 e. The molecule has 4 amide bonds. The molecule has 3 rings (SSSR count). The van der Waals surface area contributed by atoms with Crippen LogP contribution in [0.25, 0.3) is 0 Å². The number of ether oxygens (including phenoxy) is 3. The number of amides is 4. The number of benzene rings is 2. The Morgan fingerprint density at radius 2 is 1.61 bits per heavy atom. The monoisotopic (exact) mass is 562 g/mol. The summed E-state index contributed by atoms with van der Waals surface area (Å²) < 4.78 is 16.0. The van der Waals surface area contributed by atoms with Crippen LogP contribution < -0.4 is 25.8 Å². The van der Waals surface area contributed by atoms with E-state index in [4.69, 9.17) is 14.2 Å². The second kappa shape index (κ2) is 12.0. The third-order valence-electron chi connectivity index (χ3n) is 5.11. The molecule has 1 aliphatic rings. The van der Waals surface area contributed by atoms with Crippen LogP contribution in [0.5, 0.6) is 11.5 Å². The topological polar surface area (TPSA) is 152 Å². The highest BCUT2D eigenvalue weighted by Gasteiger charge is 2.36. The van der Waals surface area contributed by atoms with E-state index < -0.39 is 42.1 Å². The molecule has 190 valence electrons. The van der Waals surface area contributed by atoms with E-state index in [-0.39, 0.29) is 18.5 Å². The minimum Gasteiger partial charge on any atom is -0.493 e. The molecule has 12 nitrogen and oxygen atoms in total. The number of esters is 1. The normalized spacial score (nSPS) is 14.6. The summed E-state index contributed by atoms with van der Waals surface area (Å²) in [5.41, 5.74) is 7.32. The highest BCUT2D eigenvalue weighted by Crippen LogP contribution is 2.27. The molecule has 1 aliphatic heterocycles. The standard InChI is InChI=1S/C23H23BrN4O8/c1-34-17-8-5-14(9-18(17)35-2)22(32)27-28-11-15(10-20(28)30)23(33)36-12-19(29)25-26-21(31)13-3-6-16(24)7-4-13/h3-9,15H,10-12H2,1-2H3,(H,25,29)(H,26,31)(H,27,32)/t15-/m1/s1. The Balaban J connectivity index is 1.45. The van der Waals surface area contributed by atoms with Crippen LogP contribution in [-0.4, -0.2) is 62.0 Å². The molecular weight excluding hydrogens is 540 g/mol. The van der Waals surface area contributed by atoms with Gasteiger partial charge in [-0.3, -0.25) is 45.3 Å². The highest BCUT2D eigenvalue weighted by atomic mass is 79.9. The first kappa shape index (κ1) is 26.5. The Morgan fingerprint density at radius 1 is 0.944 bits per heavy atom. The van der Waals surface area contributed by atoms with Gasteiger partial charge in [-0.1, -0.05) is 15.9 Å². The molecule has 0 unspecified atom stereocenters. The van der Waals surface area contributed by atoms with E-state index in [0.29, 0.717) is 17.1 Å². The van der Waals surface area contributed by atoms with Crippen molar-refractivity contribution in [3.8, 4) is 11.5 Å². The Hall–Kier alpha value is -4.13. The summed E-state index contributed by atoms with van der Waals surface area (Å²) in [7, 11) is 2.89. The third kappa shape index (κ3) is 6.72. The van der Waals surface area contributed by atoms with Crippen molar-refractivity contribution < 1.29 is 38.2 Å². The molecule has 0 spiro atoms. The van der Waals surface area contributed by atoms with Crippen molar-refractivity contribution >= 4 is 45.5 Å². The zero-order valence-corrected chi connectivity index (χ0v) is 20.9. The van der Waals surface area contributed by atoms with E-state index >= 15 is 0 Å². The summed E-state index contributed by atoms with van der Waals surface area (Å²) in [6.07, 6.45) is -0.201. The van der Waals surface area contributed by atoms with Gasteiger partial charge in [0, 0.05) is 22.0 Å². The van der Waals surface area contributed by atoms with E-state index in [1.165, 1.54) is 26.4 Å². The smallest absolute Gasteiger partial charge is 0.311 e. The average Bonchev–Trinajstić information content (AvgIpc) is 3.25. The molecule has 1 heterocycles. The average molecular weight is 563 g/mol. The van der Waals surface area contributed by atoms with Gasteiger partial charge in [0.05, 0.1) is 26.7 Å². The van der Waals surface area contributed by atoms with Gasteiger partial charge in [-0.05, 0) is 42.5 Å². The fourth-order valence-electron chi connectivity index (χ4n) is 3.23. The highest BCUT2D eigenvalue weighted by molar-refractivity contribution is 9.10. The zero-order chi connectivity index (χ0) is 26.2. The number of halogens is 1. The van der Waals surface area contributed by atoms with Crippen LogP contribution in [0, 0.1) is 5.92 Å². The fraction of sp³-hybridized carbons (Fsp3) is 0.261. The van der Waals surface area contributed by atoms with E-state index in [2.05, 4.69) is 32.2 Å². The molecule has 0 bridgehead atoms. The largest absolute Gasteiger partial charge is 0.493 e. The van der Waals surface area contributed by atoms with Gasteiger partial charge in [-0.15, -0.1) is 0 Å². The van der Waals surface area contributed by atoms with Gasteiger partial charge in [-0.2, -0.15) is 0 Å². The molecule has 2 aromatic rings. The quantitative estimate of drug-likeness (QED) is 0.318. The van der Waals surface area contributed by atoms with Crippen LogP contribution in [0.4, 0.5) is 0 Å². The van der Waals surface area contributed by atoms with Gasteiger partial charge < -0.3 is 14.2 Å². The van der Waals surface area contributed by atoms with Crippen LogP contribution in [0.3, 0.4) is 0 Å². The van der Waals surface area contributed by atoms with E-state index in [0.717, 1.165) is 9.48 Å². The Labute approximate surface area is 214 Å². The summed E-state index contributed by atoms with van der Waals surface area (Å²) in [4.78, 5) is 61.1. The van der Waals surface area contributed by atoms with Gasteiger partial charge in [0.1, 0.15) is 0 Å². The van der Waals surface area contributed by atoms with Crippen LogP contribution in [0.1, 0.15) is 27.1 Å². The summed E-state index contributed by atoms with van der Waals surface area (Å²) >= 11 is 3.26. The van der Waals surface area contributed by atoms with Crippen molar-refractivity contribution in [2.75, 3.05) is 27.4 Å². The van der Waals surface area contributed by atoms with E-state index in [9.17, 15) is 24.0 Å². The molecule has 0 aromatic heterocycles. The van der Waals surface area contributed by atoms with Gasteiger partial charge in [0.2, 0.25) is 5.91 Å². The first-order valence-corrected chi connectivity index (χ1v) is 11.4. The van der Waals surface area contributed by atoms with Crippen LogP contribution >= 0.6 is 15.9 Å². The molecule has 1 fully saturated rings. The van der Waals surface area contributed by atoms with Gasteiger partial charge >= 0.3 is 5.97 Å². The number of hydrogen-bond acceptors (Lipinski definition) is 8. The van der Waals surface area contributed by atoms with Gasteiger partial charge in [0.25, 0.3) is 17.7 Å². The molecule has 13 heteroatoms. The molecule has 0 saturated carbocycles. The second-order valence-electron chi connectivity index (χ2n) is 7.53.